The Morgan fingerprint density at radius 3 is 2.65 bits per heavy atom. The summed E-state index contributed by atoms with van der Waals surface area (Å²) < 4.78 is 5.56. The average molecular weight is 546 g/mol. The van der Waals surface area contributed by atoms with E-state index in [0.717, 1.165) is 53.4 Å². The molecule has 0 aliphatic carbocycles. The molecule has 4 rings (SSSR count). The van der Waals surface area contributed by atoms with E-state index < -0.39 is 11.2 Å². The number of ether oxygens (including phenoxy) is 1. The lowest BCUT2D eigenvalue weighted by molar-refractivity contribution is -0.384. The molecule has 0 aliphatic heterocycles. The Morgan fingerprint density at radius 1 is 1.07 bits per heavy atom. The molecule has 0 bridgehead atoms. The lowest BCUT2D eigenvalue weighted by atomic mass is 10.0. The number of methoxy groups -OCH3 is 1. The number of unbranched alkanes of at least 4 members (excludes halogenated alkanes) is 3. The van der Waals surface area contributed by atoms with Crippen LogP contribution < -0.4 is 21.1 Å². The minimum atomic E-state index is -0.656. The van der Waals surface area contributed by atoms with Gasteiger partial charge < -0.3 is 31.2 Å². The molecule has 1 atom stereocenters. The number of fused-ring (bicyclic) bond motifs is 1. The van der Waals surface area contributed by atoms with Gasteiger partial charge in [-0.3, -0.25) is 14.9 Å². The van der Waals surface area contributed by atoms with E-state index in [4.69, 9.17) is 10.5 Å². The second-order valence-corrected chi connectivity index (χ2v) is 9.71. The average Bonchev–Trinajstić information content (AvgIpc) is 3.35. The molecule has 4 aromatic rings. The predicted molar refractivity (Wildman–Crippen MR) is 157 cm³/mol. The highest BCUT2D eigenvalue weighted by Gasteiger charge is 2.15. The molecule has 0 fully saturated rings. The molecular weight excluding hydrogens is 510 g/mol. The number of rotatable bonds is 14. The van der Waals surface area contributed by atoms with Crippen molar-refractivity contribution in [1.29, 1.82) is 0 Å². The lowest BCUT2D eigenvalue weighted by Gasteiger charge is -2.15. The van der Waals surface area contributed by atoms with Crippen molar-refractivity contribution in [3.05, 3.63) is 93.7 Å². The Balaban J connectivity index is 1.22. The van der Waals surface area contributed by atoms with Gasteiger partial charge in [0.1, 0.15) is 12.0 Å². The van der Waals surface area contributed by atoms with Gasteiger partial charge in [0.2, 0.25) is 0 Å². The monoisotopic (exact) mass is 545 g/mol. The van der Waals surface area contributed by atoms with Gasteiger partial charge in [-0.25, -0.2) is 0 Å². The minimum absolute atomic E-state index is 0.0376. The third-order valence-electron chi connectivity index (χ3n) is 6.86. The first kappa shape index (κ1) is 28.4. The highest BCUT2D eigenvalue weighted by Crippen LogP contribution is 2.29. The number of nitrogens with two attached hydrogens (primary N) is 1. The maximum Gasteiger partial charge on any atom is 0.270 e. The zero-order valence-electron chi connectivity index (χ0n) is 22.5. The molecule has 10 nitrogen and oxygen atoms in total. The molecule has 3 aromatic carbocycles. The quantitative estimate of drug-likeness (QED) is 0.0469. The lowest BCUT2D eigenvalue weighted by Crippen LogP contribution is -2.24. The number of carbonyl (C=O) groups excluding carboxylic acids is 1. The van der Waals surface area contributed by atoms with E-state index >= 15 is 0 Å². The number of aromatic amines is 1. The van der Waals surface area contributed by atoms with Crippen molar-refractivity contribution in [3.8, 4) is 5.75 Å². The molecule has 1 unspecified atom stereocenters. The van der Waals surface area contributed by atoms with Gasteiger partial charge in [-0.2, -0.15) is 0 Å². The zero-order valence-corrected chi connectivity index (χ0v) is 22.5. The van der Waals surface area contributed by atoms with Gasteiger partial charge in [0.15, 0.2) is 0 Å². The maximum atomic E-state index is 12.7. The predicted octanol–water partition coefficient (Wildman–Crippen LogP) is 5.37. The number of amides is 1. The van der Waals surface area contributed by atoms with Crippen molar-refractivity contribution in [2.45, 2.75) is 44.8 Å². The minimum Gasteiger partial charge on any atom is -0.496 e. The Kier molecular flexibility index (Phi) is 9.58. The normalized spacial score (nSPS) is 11.8. The van der Waals surface area contributed by atoms with E-state index in [2.05, 4.69) is 15.6 Å². The van der Waals surface area contributed by atoms with Gasteiger partial charge in [0, 0.05) is 47.8 Å². The molecule has 0 saturated carbocycles. The number of hydrogen-bond donors (Lipinski definition) is 5. The first-order valence-electron chi connectivity index (χ1n) is 13.3. The third kappa shape index (κ3) is 7.29. The summed E-state index contributed by atoms with van der Waals surface area (Å²) in [6.07, 6.45) is 5.86. The smallest absolute Gasteiger partial charge is 0.270 e. The standard InChI is InChI=1S/C30H35N5O5/c1-40-28-17-21(12-11-20(28)16-22-19-33-26-14-13-23(35(38)39)18-24(22)26)30(37)32-15-7-3-2-4-10-29(36)34-27-9-6-5-8-25(27)31/h5-6,8-9,11-14,17-19,29,33-34,36H,2-4,7,10,15-16,31H2,1H3,(H,32,37). The van der Waals surface area contributed by atoms with Gasteiger partial charge in [-0.1, -0.05) is 31.0 Å². The van der Waals surface area contributed by atoms with Crippen molar-refractivity contribution < 1.29 is 19.6 Å². The number of benzene rings is 3. The summed E-state index contributed by atoms with van der Waals surface area (Å²) >= 11 is 0. The van der Waals surface area contributed by atoms with Crippen molar-refractivity contribution in [1.82, 2.24) is 10.3 Å². The Morgan fingerprint density at radius 2 is 1.88 bits per heavy atom. The summed E-state index contributed by atoms with van der Waals surface area (Å²) in [4.78, 5) is 26.6. The second-order valence-electron chi connectivity index (χ2n) is 9.71. The fourth-order valence-electron chi connectivity index (χ4n) is 4.66. The number of nitrogen functional groups attached to an aromatic ring is 1. The number of anilines is 2. The van der Waals surface area contributed by atoms with Crippen LogP contribution in [0.2, 0.25) is 0 Å². The number of aliphatic hydroxyl groups is 1. The van der Waals surface area contributed by atoms with Crippen LogP contribution in [0.5, 0.6) is 5.75 Å². The van der Waals surface area contributed by atoms with Crippen LogP contribution in [0.25, 0.3) is 10.9 Å². The summed E-state index contributed by atoms with van der Waals surface area (Å²) in [6.45, 7) is 0.554. The van der Waals surface area contributed by atoms with Gasteiger partial charge in [0.25, 0.3) is 11.6 Å². The fraction of sp³-hybridized carbons (Fsp3) is 0.300. The second kappa shape index (κ2) is 13.5. The fourth-order valence-corrected chi connectivity index (χ4v) is 4.66. The molecule has 0 saturated heterocycles. The van der Waals surface area contributed by atoms with Crippen LogP contribution >= 0.6 is 0 Å². The number of non-ortho nitro benzene ring substituents is 1. The molecule has 1 amide bonds. The molecular formula is C30H35N5O5. The summed E-state index contributed by atoms with van der Waals surface area (Å²) in [7, 11) is 1.56. The number of hydrogen-bond acceptors (Lipinski definition) is 7. The zero-order chi connectivity index (χ0) is 28.5. The van der Waals surface area contributed by atoms with E-state index in [1.807, 2.05) is 30.5 Å². The van der Waals surface area contributed by atoms with Crippen LogP contribution in [0.3, 0.4) is 0 Å². The summed E-state index contributed by atoms with van der Waals surface area (Å²) in [5, 5.41) is 28.1. The Hall–Kier alpha value is -4.57. The molecule has 0 aliphatic rings. The number of nitro benzene ring substituents is 1. The van der Waals surface area contributed by atoms with Crippen molar-refractivity contribution >= 4 is 33.9 Å². The number of carbonyl (C=O) groups is 1. The van der Waals surface area contributed by atoms with E-state index in [9.17, 15) is 20.0 Å². The molecule has 1 heterocycles. The first-order chi connectivity index (χ1) is 19.4. The molecule has 0 radical (unpaired) electrons. The number of nitrogens with zero attached hydrogens (tertiary/aromatic N) is 1. The number of para-hydroxylation sites is 2. The van der Waals surface area contributed by atoms with E-state index in [1.165, 1.54) is 6.07 Å². The summed E-state index contributed by atoms with van der Waals surface area (Å²) in [6, 6.07) is 17.4. The van der Waals surface area contributed by atoms with Gasteiger partial charge >= 0.3 is 0 Å². The van der Waals surface area contributed by atoms with Crippen LogP contribution in [0.15, 0.2) is 66.9 Å². The van der Waals surface area contributed by atoms with Gasteiger partial charge in [-0.15, -0.1) is 0 Å². The number of H-pyrrole nitrogens is 1. The molecule has 10 heteroatoms. The van der Waals surface area contributed by atoms with Crippen LogP contribution in [-0.4, -0.2) is 40.8 Å². The van der Waals surface area contributed by atoms with Crippen LogP contribution in [0.1, 0.15) is 53.6 Å². The van der Waals surface area contributed by atoms with Crippen LogP contribution in [-0.2, 0) is 6.42 Å². The van der Waals surface area contributed by atoms with E-state index in [1.54, 1.807) is 37.4 Å². The van der Waals surface area contributed by atoms with E-state index in [0.29, 0.717) is 36.4 Å². The van der Waals surface area contributed by atoms with Crippen molar-refractivity contribution in [3.63, 3.8) is 0 Å². The van der Waals surface area contributed by atoms with Gasteiger partial charge in [0.05, 0.1) is 23.4 Å². The SMILES string of the molecule is COc1cc(C(=O)NCCCCCCC(O)Nc2ccccc2N)ccc1Cc1c[nH]c2ccc([N+](=O)[O-])cc12. The maximum absolute atomic E-state index is 12.7. The molecule has 1 aromatic heterocycles. The first-order valence-corrected chi connectivity index (χ1v) is 13.3. The van der Waals surface area contributed by atoms with Gasteiger partial charge in [-0.05, 0) is 60.7 Å². The number of nitrogens with one attached hydrogen (secondary N) is 3. The number of aliphatic hydroxyl groups excluding tert-OH is 1. The largest absolute Gasteiger partial charge is 0.496 e. The third-order valence-corrected chi connectivity index (χ3v) is 6.86. The molecule has 0 spiro atoms. The highest BCUT2D eigenvalue weighted by atomic mass is 16.6. The van der Waals surface area contributed by atoms with E-state index in [-0.39, 0.29) is 11.6 Å². The van der Waals surface area contributed by atoms with Crippen LogP contribution in [0.4, 0.5) is 17.1 Å². The van der Waals surface area contributed by atoms with Crippen LogP contribution in [0, 0.1) is 10.1 Å². The van der Waals surface area contributed by atoms with Crippen molar-refractivity contribution in [2.24, 2.45) is 0 Å². The number of aromatic nitrogens is 1. The topological polar surface area (TPSA) is 156 Å². The number of nitro groups is 1. The molecule has 210 valence electrons. The summed E-state index contributed by atoms with van der Waals surface area (Å²) in [5.74, 6) is 0.407. The Labute approximate surface area is 232 Å². The summed E-state index contributed by atoms with van der Waals surface area (Å²) in [5.41, 5.74) is 10.4. The Bertz CT molecular complexity index is 1470. The molecule has 6 N–H and O–H groups in total. The highest BCUT2D eigenvalue weighted by molar-refractivity contribution is 5.94. The van der Waals surface area contributed by atoms with Crippen molar-refractivity contribution in [2.75, 3.05) is 24.7 Å². The molecule has 40 heavy (non-hydrogen) atoms.